The van der Waals surface area contributed by atoms with Crippen LogP contribution in [0.5, 0.6) is 0 Å². The van der Waals surface area contributed by atoms with Crippen LogP contribution in [0.25, 0.3) is 17.0 Å². The van der Waals surface area contributed by atoms with E-state index in [0.29, 0.717) is 0 Å². The first-order valence-corrected chi connectivity index (χ1v) is 10.8. The molecule has 0 atom stereocenters. The van der Waals surface area contributed by atoms with Crippen molar-refractivity contribution in [2.45, 2.75) is 37.1 Å². The van der Waals surface area contributed by atoms with Crippen LogP contribution in [0.1, 0.15) is 31.2 Å². The third kappa shape index (κ3) is 4.98. The number of hydrogen-bond donors (Lipinski definition) is 1. The van der Waals surface area contributed by atoms with Gasteiger partial charge >= 0.3 is 5.97 Å². The molecule has 4 rings (SSSR count). The number of hydrogen-bond acceptors (Lipinski definition) is 3. The highest BCUT2D eigenvalue weighted by molar-refractivity contribution is 8.03. The number of carboxylic acids is 1. The number of aromatic nitrogens is 1. The fourth-order valence-corrected chi connectivity index (χ4v) is 4.85. The van der Waals surface area contributed by atoms with Crippen LogP contribution >= 0.6 is 11.8 Å². The van der Waals surface area contributed by atoms with Gasteiger partial charge < -0.3 is 34.0 Å². The number of aryl methyl sites for hydroxylation is 1. The van der Waals surface area contributed by atoms with Crippen LogP contribution in [-0.2, 0) is 11.3 Å². The van der Waals surface area contributed by atoms with Crippen LogP contribution in [0.15, 0.2) is 70.7 Å². The number of pyridine rings is 1. The fourth-order valence-electron chi connectivity index (χ4n) is 3.74. The minimum Gasteiger partial charge on any atom is -1.00 e. The quantitative estimate of drug-likeness (QED) is 0.288. The highest BCUT2D eigenvalue weighted by Gasteiger charge is 2.22. The molecule has 1 aliphatic rings. The molecular formula is C24H25IN2O2S. The summed E-state index contributed by atoms with van der Waals surface area (Å²) in [5.41, 5.74) is 3.67. The first-order valence-electron chi connectivity index (χ1n) is 9.99. The van der Waals surface area contributed by atoms with E-state index in [2.05, 4.69) is 83.4 Å². The topological polar surface area (TPSA) is 44.4 Å². The maximum Gasteiger partial charge on any atom is 0.303 e. The monoisotopic (exact) mass is 532 g/mol. The summed E-state index contributed by atoms with van der Waals surface area (Å²) in [7, 11) is 2.12. The SMILES string of the molecule is CN1C(=Cc2cc[n+](CCCCCC(=O)O)c3ccccc23)Sc2ccccc21.[I-]. The Morgan fingerprint density at radius 1 is 1.07 bits per heavy atom. The van der Waals surface area contributed by atoms with Gasteiger partial charge in [-0.3, -0.25) is 4.79 Å². The largest absolute Gasteiger partial charge is 1.00 e. The van der Waals surface area contributed by atoms with E-state index in [-0.39, 0.29) is 30.4 Å². The molecule has 1 aliphatic heterocycles. The normalized spacial score (nSPS) is 14.0. The number of thioether (sulfide) groups is 1. The van der Waals surface area contributed by atoms with Gasteiger partial charge in [-0.15, -0.1) is 0 Å². The second-order valence-electron chi connectivity index (χ2n) is 7.30. The van der Waals surface area contributed by atoms with Crippen LogP contribution in [0.4, 0.5) is 5.69 Å². The van der Waals surface area contributed by atoms with Gasteiger partial charge in [0.2, 0.25) is 5.52 Å². The molecule has 3 aromatic rings. The van der Waals surface area contributed by atoms with Gasteiger partial charge in [0.1, 0.15) is 6.54 Å². The number of rotatable bonds is 7. The number of para-hydroxylation sites is 2. The van der Waals surface area contributed by atoms with Crippen LogP contribution < -0.4 is 33.4 Å². The third-order valence-electron chi connectivity index (χ3n) is 5.30. The van der Waals surface area contributed by atoms with Crippen LogP contribution in [0.3, 0.4) is 0 Å². The summed E-state index contributed by atoms with van der Waals surface area (Å²) in [4.78, 5) is 14.2. The van der Waals surface area contributed by atoms with Crippen molar-refractivity contribution < 1.29 is 38.4 Å². The molecule has 0 fully saturated rings. The molecule has 0 amide bonds. The second-order valence-corrected chi connectivity index (χ2v) is 8.36. The van der Waals surface area contributed by atoms with Gasteiger partial charge in [-0.05, 0) is 42.7 Å². The number of anilines is 1. The van der Waals surface area contributed by atoms with Crippen molar-refractivity contribution in [1.82, 2.24) is 0 Å². The van der Waals surface area contributed by atoms with Gasteiger partial charge in [-0.2, -0.15) is 4.57 Å². The number of carboxylic acid groups (broad SMARTS) is 1. The molecule has 1 aromatic heterocycles. The van der Waals surface area contributed by atoms with Crippen molar-refractivity contribution in [3.63, 3.8) is 0 Å². The van der Waals surface area contributed by atoms with Gasteiger partial charge in [0.05, 0.1) is 16.1 Å². The summed E-state index contributed by atoms with van der Waals surface area (Å²) >= 11 is 1.81. The number of benzene rings is 2. The highest BCUT2D eigenvalue weighted by Crippen LogP contribution is 2.45. The Labute approximate surface area is 198 Å². The molecule has 1 N–H and O–H groups in total. The van der Waals surface area contributed by atoms with E-state index in [4.69, 9.17) is 5.11 Å². The van der Waals surface area contributed by atoms with E-state index < -0.39 is 5.97 Å². The van der Waals surface area contributed by atoms with Crippen molar-refractivity contribution in [3.05, 3.63) is 71.4 Å². The lowest BCUT2D eigenvalue weighted by Crippen LogP contribution is -3.00. The molecule has 0 unspecified atom stereocenters. The molecule has 0 saturated heterocycles. The summed E-state index contributed by atoms with van der Waals surface area (Å²) < 4.78 is 2.28. The highest BCUT2D eigenvalue weighted by atomic mass is 127. The summed E-state index contributed by atoms with van der Waals surface area (Å²) in [6.07, 6.45) is 7.33. The Balaban J connectivity index is 0.00000256. The number of unbranched alkanes of at least 4 members (excludes halogenated alkanes) is 2. The van der Waals surface area contributed by atoms with Crippen molar-refractivity contribution >= 4 is 40.4 Å². The Morgan fingerprint density at radius 2 is 1.83 bits per heavy atom. The van der Waals surface area contributed by atoms with E-state index in [9.17, 15) is 4.79 Å². The zero-order valence-corrected chi connectivity index (χ0v) is 19.9. The van der Waals surface area contributed by atoms with Gasteiger partial charge in [-0.25, -0.2) is 0 Å². The molecule has 6 heteroatoms. The van der Waals surface area contributed by atoms with Crippen molar-refractivity contribution in [2.24, 2.45) is 0 Å². The van der Waals surface area contributed by atoms with Crippen LogP contribution in [0.2, 0.25) is 0 Å². The first-order chi connectivity index (χ1) is 14.1. The summed E-state index contributed by atoms with van der Waals surface area (Å²) in [5, 5.41) is 11.2. The number of fused-ring (bicyclic) bond motifs is 2. The number of halogens is 1. The lowest BCUT2D eigenvalue weighted by Gasteiger charge is -2.13. The van der Waals surface area contributed by atoms with Crippen molar-refractivity contribution in [3.8, 4) is 0 Å². The molecular weight excluding hydrogens is 507 g/mol. The van der Waals surface area contributed by atoms with Gasteiger partial charge in [-0.1, -0.05) is 36.0 Å². The number of carbonyl (C=O) groups is 1. The van der Waals surface area contributed by atoms with E-state index in [1.54, 1.807) is 11.8 Å². The average Bonchev–Trinajstić information content (AvgIpc) is 3.04. The standard InChI is InChI=1S/C24H24N2O2S.HI/c1-25-21-11-6-7-12-22(21)29-23(25)17-18-14-16-26(15-8-2-3-13-24(27)28)20-10-5-4-9-19(18)20;/h4-7,9-12,14,16-17H,2-3,8,13,15H2,1H3;1H. The third-order valence-corrected chi connectivity index (χ3v) is 6.46. The van der Waals surface area contributed by atoms with E-state index in [1.807, 2.05) is 0 Å². The summed E-state index contributed by atoms with van der Waals surface area (Å²) in [6.45, 7) is 0.900. The van der Waals surface area contributed by atoms with E-state index >= 15 is 0 Å². The van der Waals surface area contributed by atoms with Gasteiger partial charge in [0.15, 0.2) is 6.20 Å². The predicted octanol–water partition coefficient (Wildman–Crippen LogP) is 2.32. The summed E-state index contributed by atoms with van der Waals surface area (Å²) in [6, 6.07) is 19.2. The Bertz CT molecular complexity index is 1080. The second kappa shape index (κ2) is 10.3. The zero-order chi connectivity index (χ0) is 20.2. The molecule has 2 aromatic carbocycles. The lowest BCUT2D eigenvalue weighted by molar-refractivity contribution is -0.671. The first kappa shape index (κ1) is 22.6. The predicted molar refractivity (Wildman–Crippen MR) is 119 cm³/mol. The maximum atomic E-state index is 10.7. The smallest absolute Gasteiger partial charge is 0.303 e. The molecule has 0 spiro atoms. The minimum atomic E-state index is -0.711. The summed E-state index contributed by atoms with van der Waals surface area (Å²) in [5.74, 6) is -0.711. The van der Waals surface area contributed by atoms with E-state index in [0.717, 1.165) is 25.8 Å². The fraction of sp³-hybridized carbons (Fsp3) is 0.250. The molecule has 0 saturated carbocycles. The zero-order valence-electron chi connectivity index (χ0n) is 16.9. The average molecular weight is 532 g/mol. The maximum absolute atomic E-state index is 10.7. The van der Waals surface area contributed by atoms with Gasteiger partial charge in [0, 0.05) is 36.9 Å². The molecule has 0 radical (unpaired) electrons. The van der Waals surface area contributed by atoms with Crippen molar-refractivity contribution in [1.29, 1.82) is 0 Å². The van der Waals surface area contributed by atoms with Crippen LogP contribution in [-0.4, -0.2) is 18.1 Å². The Kier molecular flexibility index (Phi) is 7.77. The number of nitrogens with zero attached hydrogens (tertiary/aromatic N) is 2. The van der Waals surface area contributed by atoms with Crippen LogP contribution in [0, 0.1) is 0 Å². The Morgan fingerprint density at radius 3 is 2.63 bits per heavy atom. The van der Waals surface area contributed by atoms with Crippen molar-refractivity contribution in [2.75, 3.05) is 11.9 Å². The molecule has 4 nitrogen and oxygen atoms in total. The molecule has 0 aliphatic carbocycles. The molecule has 2 heterocycles. The van der Waals surface area contributed by atoms with E-state index in [1.165, 1.54) is 32.1 Å². The minimum absolute atomic E-state index is 0. The molecule has 156 valence electrons. The molecule has 0 bridgehead atoms. The molecule has 30 heavy (non-hydrogen) atoms. The number of aliphatic carboxylic acids is 1. The van der Waals surface area contributed by atoms with Gasteiger partial charge in [0.25, 0.3) is 0 Å². The lowest BCUT2D eigenvalue weighted by atomic mass is 10.1. The Hall–Kier alpha value is -2.06.